The molecule has 124 valence electrons. The lowest BCUT2D eigenvalue weighted by molar-refractivity contribution is 0.0697. The summed E-state index contributed by atoms with van der Waals surface area (Å²) in [4.78, 5) is 10.8. The Balaban J connectivity index is 1.63. The molecular weight excluding hydrogens is 316 g/mol. The van der Waals surface area contributed by atoms with Crippen LogP contribution in [0.3, 0.4) is 0 Å². The van der Waals surface area contributed by atoms with Crippen molar-refractivity contribution in [3.8, 4) is 11.5 Å². The van der Waals surface area contributed by atoms with Crippen molar-refractivity contribution in [2.75, 3.05) is 0 Å². The van der Waals surface area contributed by atoms with Crippen LogP contribution in [0.2, 0.25) is 0 Å². The number of azo groups is 1. The second-order valence-electron chi connectivity index (χ2n) is 5.31. The normalized spacial score (nSPS) is 10.7. The smallest absolute Gasteiger partial charge is 0.335 e. The lowest BCUT2D eigenvalue weighted by Gasteiger charge is -2.06. The van der Waals surface area contributed by atoms with Crippen LogP contribution in [0, 0.1) is 0 Å². The summed E-state index contributed by atoms with van der Waals surface area (Å²) >= 11 is 0. The summed E-state index contributed by atoms with van der Waals surface area (Å²) in [6.07, 6.45) is 0. The highest BCUT2D eigenvalue weighted by Gasteiger charge is 2.01. The maximum Gasteiger partial charge on any atom is 0.335 e. The van der Waals surface area contributed by atoms with Gasteiger partial charge in [-0.05, 0) is 54.1 Å². The van der Waals surface area contributed by atoms with Crippen molar-refractivity contribution in [2.45, 2.75) is 6.54 Å². The fraction of sp³-hybridized carbons (Fsp3) is 0.0500. The Morgan fingerprint density at radius 3 is 2.32 bits per heavy atom. The van der Waals surface area contributed by atoms with Crippen LogP contribution in [0.1, 0.15) is 15.9 Å². The Morgan fingerprint density at radius 2 is 1.60 bits per heavy atom. The van der Waals surface area contributed by atoms with E-state index in [4.69, 9.17) is 9.84 Å². The molecule has 0 saturated heterocycles. The van der Waals surface area contributed by atoms with Gasteiger partial charge in [0.05, 0.1) is 17.8 Å². The van der Waals surface area contributed by atoms with Gasteiger partial charge in [0, 0.05) is 0 Å². The molecule has 0 heterocycles. The van der Waals surface area contributed by atoms with Crippen LogP contribution >= 0.6 is 0 Å². The zero-order valence-corrected chi connectivity index (χ0v) is 13.4. The zero-order valence-electron chi connectivity index (χ0n) is 13.4. The van der Waals surface area contributed by atoms with Crippen molar-refractivity contribution in [2.24, 2.45) is 10.2 Å². The van der Waals surface area contributed by atoms with Gasteiger partial charge in [0.2, 0.25) is 0 Å². The molecule has 3 aromatic rings. The summed E-state index contributed by atoms with van der Waals surface area (Å²) in [7, 11) is 0. The number of benzene rings is 3. The predicted octanol–water partition coefficient (Wildman–Crippen LogP) is 5.46. The maximum absolute atomic E-state index is 10.8. The van der Waals surface area contributed by atoms with E-state index in [0.717, 1.165) is 17.1 Å². The molecule has 3 rings (SSSR count). The molecule has 25 heavy (non-hydrogen) atoms. The van der Waals surface area contributed by atoms with Gasteiger partial charge in [0.25, 0.3) is 0 Å². The van der Waals surface area contributed by atoms with E-state index >= 15 is 0 Å². The van der Waals surface area contributed by atoms with Crippen LogP contribution in [0.4, 0.5) is 5.69 Å². The number of carbonyl (C=O) groups is 1. The monoisotopic (exact) mass is 332 g/mol. The van der Waals surface area contributed by atoms with E-state index in [1.54, 1.807) is 12.1 Å². The van der Waals surface area contributed by atoms with Crippen molar-refractivity contribution in [1.82, 2.24) is 0 Å². The molecule has 5 nitrogen and oxygen atoms in total. The molecule has 0 atom stereocenters. The molecule has 0 spiro atoms. The molecule has 0 unspecified atom stereocenters. The van der Waals surface area contributed by atoms with Gasteiger partial charge in [-0.15, -0.1) is 0 Å². The standard InChI is InChI=1S/C20H16N2O3/c23-20(24)16-9-11-17(12-10-16)22-21-14-15-5-4-8-19(13-15)25-18-6-2-1-3-7-18/h1-13H,14H2,(H,23,24). The van der Waals surface area contributed by atoms with Crippen molar-refractivity contribution in [1.29, 1.82) is 0 Å². The first-order valence-corrected chi connectivity index (χ1v) is 7.73. The second kappa shape index (κ2) is 7.88. The third-order valence-corrected chi connectivity index (χ3v) is 3.43. The zero-order chi connectivity index (χ0) is 17.5. The number of hydrogen-bond donors (Lipinski definition) is 1. The topological polar surface area (TPSA) is 71.2 Å². The Bertz CT molecular complexity index is 875. The van der Waals surface area contributed by atoms with E-state index in [2.05, 4.69) is 10.2 Å². The summed E-state index contributed by atoms with van der Waals surface area (Å²) in [6, 6.07) is 23.5. The van der Waals surface area contributed by atoms with Crippen LogP contribution in [0.5, 0.6) is 11.5 Å². The number of carboxylic acids is 1. The van der Waals surface area contributed by atoms with Crippen LogP contribution in [0.25, 0.3) is 0 Å². The van der Waals surface area contributed by atoms with Gasteiger partial charge in [0.1, 0.15) is 11.5 Å². The summed E-state index contributed by atoms with van der Waals surface area (Å²) in [6.45, 7) is 0.409. The largest absolute Gasteiger partial charge is 0.478 e. The van der Waals surface area contributed by atoms with Crippen LogP contribution in [-0.4, -0.2) is 11.1 Å². The van der Waals surface area contributed by atoms with Crippen LogP contribution in [-0.2, 0) is 6.54 Å². The number of para-hydroxylation sites is 1. The number of hydrogen-bond acceptors (Lipinski definition) is 4. The van der Waals surface area contributed by atoms with Gasteiger partial charge in [0.15, 0.2) is 0 Å². The minimum Gasteiger partial charge on any atom is -0.478 e. The minimum atomic E-state index is -0.960. The fourth-order valence-corrected chi connectivity index (χ4v) is 2.20. The minimum absolute atomic E-state index is 0.227. The molecule has 0 aliphatic heterocycles. The average Bonchev–Trinajstić information content (AvgIpc) is 2.63. The van der Waals surface area contributed by atoms with Crippen molar-refractivity contribution >= 4 is 11.7 Å². The van der Waals surface area contributed by atoms with Crippen molar-refractivity contribution < 1.29 is 14.6 Å². The van der Waals surface area contributed by atoms with Gasteiger partial charge in [-0.1, -0.05) is 30.3 Å². The molecule has 5 heteroatoms. The van der Waals surface area contributed by atoms with Gasteiger partial charge < -0.3 is 9.84 Å². The van der Waals surface area contributed by atoms with E-state index in [-0.39, 0.29) is 5.56 Å². The second-order valence-corrected chi connectivity index (χ2v) is 5.31. The van der Waals surface area contributed by atoms with E-state index in [0.29, 0.717) is 12.2 Å². The molecule has 3 aromatic carbocycles. The number of aromatic carboxylic acids is 1. The molecule has 0 amide bonds. The van der Waals surface area contributed by atoms with E-state index in [9.17, 15) is 4.79 Å². The summed E-state index contributed by atoms with van der Waals surface area (Å²) in [5.41, 5.74) is 1.81. The van der Waals surface area contributed by atoms with Crippen molar-refractivity contribution in [3.05, 3.63) is 90.0 Å². The number of carboxylic acid groups (broad SMARTS) is 1. The number of rotatable bonds is 6. The Kier molecular flexibility index (Phi) is 5.16. The molecule has 0 radical (unpaired) electrons. The van der Waals surface area contributed by atoms with Gasteiger partial charge in [-0.2, -0.15) is 10.2 Å². The van der Waals surface area contributed by atoms with Gasteiger partial charge in [-0.3, -0.25) is 0 Å². The highest BCUT2D eigenvalue weighted by atomic mass is 16.5. The molecule has 0 aliphatic rings. The third-order valence-electron chi connectivity index (χ3n) is 3.43. The van der Waals surface area contributed by atoms with E-state index in [1.807, 2.05) is 54.6 Å². The Hall–Kier alpha value is -3.47. The fourth-order valence-electron chi connectivity index (χ4n) is 2.20. The summed E-state index contributed by atoms with van der Waals surface area (Å²) in [5, 5.41) is 17.1. The first-order chi connectivity index (χ1) is 12.2. The number of ether oxygens (including phenoxy) is 1. The lowest BCUT2D eigenvalue weighted by atomic mass is 10.2. The van der Waals surface area contributed by atoms with Crippen molar-refractivity contribution in [3.63, 3.8) is 0 Å². The lowest BCUT2D eigenvalue weighted by Crippen LogP contribution is -1.93. The van der Waals surface area contributed by atoms with E-state index < -0.39 is 5.97 Å². The van der Waals surface area contributed by atoms with E-state index in [1.165, 1.54) is 12.1 Å². The average molecular weight is 332 g/mol. The molecule has 0 saturated carbocycles. The third kappa shape index (κ3) is 4.75. The molecule has 0 bridgehead atoms. The highest BCUT2D eigenvalue weighted by molar-refractivity contribution is 5.87. The molecule has 1 N–H and O–H groups in total. The Morgan fingerprint density at radius 1 is 0.880 bits per heavy atom. The van der Waals surface area contributed by atoms with Crippen LogP contribution < -0.4 is 4.74 Å². The van der Waals surface area contributed by atoms with Gasteiger partial charge in [-0.25, -0.2) is 4.79 Å². The SMILES string of the molecule is O=C(O)c1ccc(N=NCc2cccc(Oc3ccccc3)c2)cc1. The highest BCUT2D eigenvalue weighted by Crippen LogP contribution is 2.22. The first-order valence-electron chi connectivity index (χ1n) is 7.73. The summed E-state index contributed by atoms with van der Waals surface area (Å²) in [5.74, 6) is 0.559. The molecule has 0 aliphatic carbocycles. The maximum atomic E-state index is 10.8. The molecule has 0 fully saturated rings. The summed E-state index contributed by atoms with van der Waals surface area (Å²) < 4.78 is 5.79. The quantitative estimate of drug-likeness (QED) is 0.609. The van der Waals surface area contributed by atoms with Gasteiger partial charge >= 0.3 is 5.97 Å². The first kappa shape index (κ1) is 16.4. The number of nitrogens with zero attached hydrogens (tertiary/aromatic N) is 2. The van der Waals surface area contributed by atoms with Crippen LogP contribution in [0.15, 0.2) is 89.1 Å². The predicted molar refractivity (Wildman–Crippen MR) is 94.6 cm³/mol. The molecule has 0 aromatic heterocycles. The Labute approximate surface area is 145 Å². The molecular formula is C20H16N2O3.